The van der Waals surface area contributed by atoms with Gasteiger partial charge in [-0.1, -0.05) is 6.07 Å². The third-order valence-electron chi connectivity index (χ3n) is 1.72. The minimum atomic E-state index is -0.423. The zero-order valence-corrected chi connectivity index (χ0v) is 6.33. The molecule has 1 aliphatic rings. The van der Waals surface area contributed by atoms with Crippen LogP contribution in [0.3, 0.4) is 0 Å². The standard InChI is InChI=1S/C8H8N2O2/c9-6-2-1-5-4-10-8(11)12-7(5)3-6/h1-3H,4,9H2,(H,10,11). The van der Waals surface area contributed by atoms with Crippen molar-refractivity contribution in [2.75, 3.05) is 5.73 Å². The lowest BCUT2D eigenvalue weighted by atomic mass is 10.1. The summed E-state index contributed by atoms with van der Waals surface area (Å²) in [5.74, 6) is 0.554. The van der Waals surface area contributed by atoms with Gasteiger partial charge in [0.25, 0.3) is 0 Å². The summed E-state index contributed by atoms with van der Waals surface area (Å²) in [5.41, 5.74) is 7.06. The Bertz CT molecular complexity index is 336. The van der Waals surface area contributed by atoms with Crippen molar-refractivity contribution in [2.24, 2.45) is 0 Å². The van der Waals surface area contributed by atoms with Crippen molar-refractivity contribution in [2.45, 2.75) is 6.54 Å². The van der Waals surface area contributed by atoms with E-state index < -0.39 is 6.09 Å². The predicted molar refractivity (Wildman–Crippen MR) is 43.7 cm³/mol. The van der Waals surface area contributed by atoms with Gasteiger partial charge in [0.2, 0.25) is 0 Å². The minimum Gasteiger partial charge on any atom is -0.410 e. The molecule has 1 aromatic carbocycles. The van der Waals surface area contributed by atoms with Crippen molar-refractivity contribution in [1.82, 2.24) is 5.32 Å². The molecule has 12 heavy (non-hydrogen) atoms. The van der Waals surface area contributed by atoms with Crippen LogP contribution in [0.5, 0.6) is 5.75 Å². The molecular formula is C8H8N2O2. The van der Waals surface area contributed by atoms with Gasteiger partial charge in [0.05, 0.1) is 0 Å². The number of nitrogens with two attached hydrogens (primary N) is 1. The molecule has 1 heterocycles. The van der Waals surface area contributed by atoms with Gasteiger partial charge in [0.1, 0.15) is 5.75 Å². The van der Waals surface area contributed by atoms with E-state index in [1.807, 2.05) is 6.07 Å². The minimum absolute atomic E-state index is 0.423. The Morgan fingerprint density at radius 3 is 3.17 bits per heavy atom. The van der Waals surface area contributed by atoms with Crippen LogP contribution in [0, 0.1) is 0 Å². The highest BCUT2D eigenvalue weighted by Crippen LogP contribution is 2.24. The summed E-state index contributed by atoms with van der Waals surface area (Å²) in [6, 6.07) is 5.26. The van der Waals surface area contributed by atoms with Crippen LogP contribution in [0.2, 0.25) is 0 Å². The van der Waals surface area contributed by atoms with E-state index in [-0.39, 0.29) is 0 Å². The summed E-state index contributed by atoms with van der Waals surface area (Å²) in [6.45, 7) is 0.508. The van der Waals surface area contributed by atoms with Gasteiger partial charge in [0, 0.05) is 23.9 Å². The van der Waals surface area contributed by atoms with E-state index in [0.717, 1.165) is 5.56 Å². The average Bonchev–Trinajstić information content (AvgIpc) is 2.03. The third-order valence-corrected chi connectivity index (χ3v) is 1.72. The van der Waals surface area contributed by atoms with E-state index in [9.17, 15) is 4.79 Å². The number of rotatable bonds is 0. The van der Waals surface area contributed by atoms with Gasteiger partial charge in [-0.3, -0.25) is 0 Å². The first-order chi connectivity index (χ1) is 5.75. The molecule has 1 aliphatic heterocycles. The maximum atomic E-state index is 10.8. The Hall–Kier alpha value is -1.71. The molecule has 0 radical (unpaired) electrons. The quantitative estimate of drug-likeness (QED) is 0.559. The number of hydrogen-bond acceptors (Lipinski definition) is 3. The smallest absolute Gasteiger partial charge is 0.410 e. The monoisotopic (exact) mass is 164 g/mol. The number of amides is 1. The largest absolute Gasteiger partial charge is 0.412 e. The molecule has 62 valence electrons. The molecule has 3 N–H and O–H groups in total. The zero-order chi connectivity index (χ0) is 8.55. The van der Waals surface area contributed by atoms with Gasteiger partial charge in [-0.25, -0.2) is 4.79 Å². The first-order valence-electron chi connectivity index (χ1n) is 3.60. The SMILES string of the molecule is Nc1ccc2c(c1)OC(=O)NC2. The number of hydrogen-bond donors (Lipinski definition) is 2. The van der Waals surface area contributed by atoms with Crippen LogP contribution >= 0.6 is 0 Å². The Morgan fingerprint density at radius 1 is 1.50 bits per heavy atom. The number of carbonyl (C=O) groups is 1. The van der Waals surface area contributed by atoms with Gasteiger partial charge < -0.3 is 15.8 Å². The molecule has 0 spiro atoms. The lowest BCUT2D eigenvalue weighted by molar-refractivity contribution is 0.194. The Balaban J connectivity index is 2.44. The highest BCUT2D eigenvalue weighted by molar-refractivity contribution is 5.73. The number of benzene rings is 1. The fraction of sp³-hybridized carbons (Fsp3) is 0.125. The summed E-state index contributed by atoms with van der Waals surface area (Å²) >= 11 is 0. The summed E-state index contributed by atoms with van der Waals surface area (Å²) in [7, 11) is 0. The molecule has 0 bridgehead atoms. The molecule has 0 aliphatic carbocycles. The number of nitrogen functional groups attached to an aromatic ring is 1. The zero-order valence-electron chi connectivity index (χ0n) is 6.33. The van der Waals surface area contributed by atoms with Crippen molar-refractivity contribution >= 4 is 11.8 Å². The van der Waals surface area contributed by atoms with E-state index >= 15 is 0 Å². The lowest BCUT2D eigenvalue weighted by Gasteiger charge is -2.16. The number of anilines is 1. The third kappa shape index (κ3) is 1.07. The second-order valence-electron chi connectivity index (χ2n) is 2.61. The van der Waals surface area contributed by atoms with E-state index in [4.69, 9.17) is 10.5 Å². The topological polar surface area (TPSA) is 64.3 Å². The van der Waals surface area contributed by atoms with Gasteiger partial charge in [-0.2, -0.15) is 0 Å². The molecule has 0 saturated heterocycles. The summed E-state index contributed by atoms with van der Waals surface area (Å²) in [5, 5.41) is 2.56. The maximum absolute atomic E-state index is 10.8. The molecule has 0 fully saturated rings. The maximum Gasteiger partial charge on any atom is 0.412 e. The molecule has 0 atom stereocenters. The summed E-state index contributed by atoms with van der Waals surface area (Å²) in [6.07, 6.45) is -0.423. The fourth-order valence-corrected chi connectivity index (χ4v) is 1.12. The number of carbonyl (C=O) groups excluding carboxylic acids is 1. The van der Waals surface area contributed by atoms with E-state index in [1.165, 1.54) is 0 Å². The number of ether oxygens (including phenoxy) is 1. The van der Waals surface area contributed by atoms with Crippen LogP contribution in [0.25, 0.3) is 0 Å². The van der Waals surface area contributed by atoms with Crippen molar-refractivity contribution in [3.05, 3.63) is 23.8 Å². The van der Waals surface area contributed by atoms with Gasteiger partial charge in [0.15, 0.2) is 0 Å². The molecule has 1 amide bonds. The van der Waals surface area contributed by atoms with Crippen molar-refractivity contribution < 1.29 is 9.53 Å². The van der Waals surface area contributed by atoms with Gasteiger partial charge >= 0.3 is 6.09 Å². The van der Waals surface area contributed by atoms with Crippen LogP contribution in [-0.4, -0.2) is 6.09 Å². The molecular weight excluding hydrogens is 156 g/mol. The van der Waals surface area contributed by atoms with Gasteiger partial charge in [-0.15, -0.1) is 0 Å². The molecule has 2 rings (SSSR count). The second-order valence-corrected chi connectivity index (χ2v) is 2.61. The first-order valence-corrected chi connectivity index (χ1v) is 3.60. The van der Waals surface area contributed by atoms with Crippen LogP contribution in [0.15, 0.2) is 18.2 Å². The molecule has 0 saturated carbocycles. The predicted octanol–water partition coefficient (Wildman–Crippen LogP) is 0.871. The molecule has 0 aromatic heterocycles. The summed E-state index contributed by atoms with van der Waals surface area (Å²) < 4.78 is 4.88. The van der Waals surface area contributed by atoms with Crippen LogP contribution in [0.1, 0.15) is 5.56 Å². The van der Waals surface area contributed by atoms with Crippen LogP contribution < -0.4 is 15.8 Å². The average molecular weight is 164 g/mol. The Morgan fingerprint density at radius 2 is 2.33 bits per heavy atom. The molecule has 1 aromatic rings. The molecule has 0 unspecified atom stereocenters. The summed E-state index contributed by atoms with van der Waals surface area (Å²) in [4.78, 5) is 10.8. The Kier molecular flexibility index (Phi) is 1.40. The number of fused-ring (bicyclic) bond motifs is 1. The second kappa shape index (κ2) is 2.41. The molecule has 4 nitrogen and oxygen atoms in total. The fourth-order valence-electron chi connectivity index (χ4n) is 1.12. The highest BCUT2D eigenvalue weighted by Gasteiger charge is 2.15. The van der Waals surface area contributed by atoms with E-state index in [0.29, 0.717) is 18.0 Å². The Labute approximate surface area is 69.3 Å². The highest BCUT2D eigenvalue weighted by atomic mass is 16.6. The normalized spacial score (nSPS) is 14.5. The van der Waals surface area contributed by atoms with Crippen LogP contribution in [0.4, 0.5) is 10.5 Å². The first kappa shape index (κ1) is 6.97. The van der Waals surface area contributed by atoms with Crippen molar-refractivity contribution in [1.29, 1.82) is 0 Å². The van der Waals surface area contributed by atoms with Gasteiger partial charge in [-0.05, 0) is 6.07 Å². The van der Waals surface area contributed by atoms with E-state index in [2.05, 4.69) is 5.32 Å². The molecule has 4 heteroatoms. The van der Waals surface area contributed by atoms with Crippen molar-refractivity contribution in [3.8, 4) is 5.75 Å². The van der Waals surface area contributed by atoms with Crippen LogP contribution in [-0.2, 0) is 6.54 Å². The van der Waals surface area contributed by atoms with E-state index in [1.54, 1.807) is 12.1 Å². The number of nitrogens with one attached hydrogen (secondary N) is 1. The lowest BCUT2D eigenvalue weighted by Crippen LogP contribution is -2.31. The van der Waals surface area contributed by atoms with Crippen molar-refractivity contribution in [3.63, 3.8) is 0 Å².